The van der Waals surface area contributed by atoms with Crippen molar-refractivity contribution < 1.29 is 19.1 Å². The van der Waals surface area contributed by atoms with Crippen LogP contribution in [0.25, 0.3) is 11.1 Å². The highest BCUT2D eigenvalue weighted by Gasteiger charge is 2.16. The summed E-state index contributed by atoms with van der Waals surface area (Å²) in [6.45, 7) is 5.87. The highest BCUT2D eigenvalue weighted by Crippen LogP contribution is 2.19. The van der Waals surface area contributed by atoms with Crippen LogP contribution in [0.15, 0.2) is 78.9 Å². The zero-order chi connectivity index (χ0) is 25.3. The molecule has 0 aromatic heterocycles. The minimum Gasteiger partial charge on any atom is -0.444 e. The number of amides is 3. The van der Waals surface area contributed by atoms with Crippen LogP contribution in [0.4, 0.5) is 10.5 Å². The van der Waals surface area contributed by atoms with Gasteiger partial charge in [0.05, 0.1) is 0 Å². The van der Waals surface area contributed by atoms with Crippen molar-refractivity contribution in [2.24, 2.45) is 0 Å². The van der Waals surface area contributed by atoms with Crippen molar-refractivity contribution in [1.29, 1.82) is 0 Å². The average Bonchev–Trinajstić information content (AvgIpc) is 2.83. The molecule has 0 spiro atoms. The van der Waals surface area contributed by atoms with Crippen LogP contribution in [-0.4, -0.2) is 30.1 Å². The first kappa shape index (κ1) is 25.5. The first-order chi connectivity index (χ1) is 16.7. The molecule has 0 heterocycles. The lowest BCUT2D eigenvalue weighted by Gasteiger charge is -2.19. The predicted octanol–water partition coefficient (Wildman–Crippen LogP) is 5.14. The lowest BCUT2D eigenvalue weighted by atomic mass is 10.0. The molecule has 0 unspecified atom stereocenters. The van der Waals surface area contributed by atoms with Crippen LogP contribution in [0.2, 0.25) is 0 Å². The third kappa shape index (κ3) is 8.62. The van der Waals surface area contributed by atoms with E-state index in [1.54, 1.807) is 32.9 Å². The van der Waals surface area contributed by atoms with Gasteiger partial charge in [-0.05, 0) is 61.7 Å². The molecule has 3 amide bonds. The number of carbonyl (C=O) groups excluding carboxylic acids is 3. The number of hydrogen-bond donors (Lipinski definition) is 3. The Hall–Kier alpha value is -4.13. The van der Waals surface area contributed by atoms with Gasteiger partial charge in [-0.1, -0.05) is 54.6 Å². The van der Waals surface area contributed by atoms with Crippen molar-refractivity contribution in [3.05, 3.63) is 90.0 Å². The zero-order valence-electron chi connectivity index (χ0n) is 20.3. The first-order valence-corrected chi connectivity index (χ1v) is 11.5. The molecule has 3 N–H and O–H groups in total. The lowest BCUT2D eigenvalue weighted by Crippen LogP contribution is -2.34. The van der Waals surface area contributed by atoms with Crippen molar-refractivity contribution in [2.45, 2.75) is 39.3 Å². The SMILES string of the molecule is CC(C)(C)OC(=O)NCCC(=O)Nc1ccc(CNC(=O)c2ccc(-c3ccccc3)cc2)cc1. The maximum Gasteiger partial charge on any atom is 0.407 e. The molecule has 7 nitrogen and oxygen atoms in total. The minimum absolute atomic E-state index is 0.125. The van der Waals surface area contributed by atoms with E-state index in [1.165, 1.54) is 0 Å². The van der Waals surface area contributed by atoms with E-state index in [0.717, 1.165) is 16.7 Å². The molecule has 35 heavy (non-hydrogen) atoms. The van der Waals surface area contributed by atoms with Crippen molar-refractivity contribution in [3.63, 3.8) is 0 Å². The van der Waals surface area contributed by atoms with E-state index >= 15 is 0 Å². The van der Waals surface area contributed by atoms with Crippen LogP contribution in [0.1, 0.15) is 43.1 Å². The van der Waals surface area contributed by atoms with Gasteiger partial charge < -0.3 is 20.7 Å². The van der Waals surface area contributed by atoms with Gasteiger partial charge in [-0.2, -0.15) is 0 Å². The first-order valence-electron chi connectivity index (χ1n) is 11.5. The van der Waals surface area contributed by atoms with Crippen LogP contribution in [0.3, 0.4) is 0 Å². The van der Waals surface area contributed by atoms with Gasteiger partial charge in [-0.3, -0.25) is 9.59 Å². The van der Waals surface area contributed by atoms with E-state index < -0.39 is 11.7 Å². The maximum atomic E-state index is 12.5. The van der Waals surface area contributed by atoms with E-state index in [2.05, 4.69) is 16.0 Å². The summed E-state index contributed by atoms with van der Waals surface area (Å²) >= 11 is 0. The fraction of sp³-hybridized carbons (Fsp3) is 0.250. The highest BCUT2D eigenvalue weighted by molar-refractivity contribution is 5.94. The van der Waals surface area contributed by atoms with Crippen LogP contribution in [0.5, 0.6) is 0 Å². The molecule has 3 rings (SSSR count). The Labute approximate surface area is 205 Å². The van der Waals surface area contributed by atoms with Crippen LogP contribution < -0.4 is 16.0 Å². The number of rotatable bonds is 8. The normalized spacial score (nSPS) is 10.8. The van der Waals surface area contributed by atoms with Crippen LogP contribution >= 0.6 is 0 Å². The summed E-state index contributed by atoms with van der Waals surface area (Å²) in [6, 6.07) is 24.7. The molecule has 0 saturated carbocycles. The third-order valence-electron chi connectivity index (χ3n) is 4.97. The molecule has 0 aliphatic carbocycles. The van der Waals surface area contributed by atoms with Crippen molar-refractivity contribution in [2.75, 3.05) is 11.9 Å². The number of nitrogens with one attached hydrogen (secondary N) is 3. The van der Waals surface area contributed by atoms with E-state index in [0.29, 0.717) is 17.8 Å². The standard InChI is InChI=1S/C28H31N3O4/c1-28(2,3)35-27(34)29-18-17-25(32)31-24-15-9-20(10-16-24)19-30-26(33)23-13-11-22(12-14-23)21-7-5-4-6-8-21/h4-16H,17-19H2,1-3H3,(H,29,34)(H,30,33)(H,31,32). The molecule has 0 atom stereocenters. The van der Waals surface area contributed by atoms with E-state index in [9.17, 15) is 14.4 Å². The quantitative estimate of drug-likeness (QED) is 0.422. The summed E-state index contributed by atoms with van der Waals surface area (Å²) in [4.78, 5) is 36.2. The minimum atomic E-state index is -0.583. The van der Waals surface area contributed by atoms with Gasteiger partial charge in [-0.15, -0.1) is 0 Å². The summed E-state index contributed by atoms with van der Waals surface area (Å²) in [6.07, 6.45) is -0.427. The summed E-state index contributed by atoms with van der Waals surface area (Å²) in [5, 5.41) is 8.25. The summed E-state index contributed by atoms with van der Waals surface area (Å²) in [5.41, 5.74) is 3.71. The Bertz CT molecular complexity index is 1140. The molecule has 0 aliphatic rings. The van der Waals surface area contributed by atoms with Crippen molar-refractivity contribution in [3.8, 4) is 11.1 Å². The van der Waals surface area contributed by atoms with E-state index in [-0.39, 0.29) is 24.8 Å². The molecule has 0 bridgehead atoms. The molecule has 0 aliphatic heterocycles. The topological polar surface area (TPSA) is 96.5 Å². The number of alkyl carbamates (subject to hydrolysis) is 1. The second-order valence-electron chi connectivity index (χ2n) is 9.05. The molecule has 0 radical (unpaired) electrons. The fourth-order valence-electron chi connectivity index (χ4n) is 3.25. The van der Waals surface area contributed by atoms with Gasteiger partial charge in [0.25, 0.3) is 5.91 Å². The Morgan fingerprint density at radius 3 is 2.03 bits per heavy atom. The monoisotopic (exact) mass is 473 g/mol. The molecule has 0 fully saturated rings. The van der Waals surface area contributed by atoms with E-state index in [4.69, 9.17) is 4.74 Å². The molecule has 7 heteroatoms. The lowest BCUT2D eigenvalue weighted by molar-refractivity contribution is -0.116. The summed E-state index contributed by atoms with van der Waals surface area (Å²) < 4.78 is 5.13. The number of hydrogen-bond acceptors (Lipinski definition) is 4. The molecule has 3 aromatic rings. The third-order valence-corrected chi connectivity index (χ3v) is 4.97. The number of anilines is 1. The summed E-state index contributed by atoms with van der Waals surface area (Å²) in [7, 11) is 0. The molecule has 3 aromatic carbocycles. The highest BCUT2D eigenvalue weighted by atomic mass is 16.6. The van der Waals surface area contributed by atoms with Crippen LogP contribution in [-0.2, 0) is 16.1 Å². The van der Waals surface area contributed by atoms with Crippen molar-refractivity contribution >= 4 is 23.6 Å². The van der Waals surface area contributed by atoms with Crippen LogP contribution in [0, 0.1) is 0 Å². The van der Waals surface area contributed by atoms with Gasteiger partial charge in [0.1, 0.15) is 5.60 Å². The fourth-order valence-corrected chi connectivity index (χ4v) is 3.25. The average molecular weight is 474 g/mol. The second kappa shape index (κ2) is 11.8. The smallest absolute Gasteiger partial charge is 0.407 e. The number of carbonyl (C=O) groups is 3. The zero-order valence-corrected chi connectivity index (χ0v) is 20.3. The number of ether oxygens (including phenoxy) is 1. The molecule has 182 valence electrons. The van der Waals surface area contributed by atoms with Gasteiger partial charge in [0, 0.05) is 30.8 Å². The second-order valence-corrected chi connectivity index (χ2v) is 9.05. The molecular weight excluding hydrogens is 442 g/mol. The maximum absolute atomic E-state index is 12.5. The Kier molecular flexibility index (Phi) is 8.62. The van der Waals surface area contributed by atoms with Gasteiger partial charge in [-0.25, -0.2) is 4.79 Å². The number of benzene rings is 3. The Morgan fingerprint density at radius 1 is 0.771 bits per heavy atom. The predicted molar refractivity (Wildman–Crippen MR) is 137 cm³/mol. The largest absolute Gasteiger partial charge is 0.444 e. The molecule has 0 saturated heterocycles. The van der Waals surface area contributed by atoms with Gasteiger partial charge >= 0.3 is 6.09 Å². The van der Waals surface area contributed by atoms with E-state index in [1.807, 2.05) is 66.7 Å². The Morgan fingerprint density at radius 2 is 1.40 bits per heavy atom. The van der Waals surface area contributed by atoms with Crippen molar-refractivity contribution in [1.82, 2.24) is 10.6 Å². The molecular formula is C28H31N3O4. The Balaban J connectivity index is 1.41. The summed E-state index contributed by atoms with van der Waals surface area (Å²) in [5.74, 6) is -0.375. The van der Waals surface area contributed by atoms with Gasteiger partial charge in [0.15, 0.2) is 0 Å². The van der Waals surface area contributed by atoms with Gasteiger partial charge in [0.2, 0.25) is 5.91 Å².